The van der Waals surface area contributed by atoms with Gasteiger partial charge < -0.3 is 4.74 Å². The van der Waals surface area contributed by atoms with Gasteiger partial charge >= 0.3 is 5.97 Å². The number of thiophene rings is 1. The van der Waals surface area contributed by atoms with Crippen molar-refractivity contribution in [3.8, 4) is 11.1 Å². The van der Waals surface area contributed by atoms with Crippen LogP contribution in [-0.4, -0.2) is 21.1 Å². The van der Waals surface area contributed by atoms with Crippen LogP contribution in [0.15, 0.2) is 40.8 Å². The molecule has 25 heavy (non-hydrogen) atoms. The third-order valence-corrected chi connectivity index (χ3v) is 4.38. The Morgan fingerprint density at radius 1 is 1.28 bits per heavy atom. The lowest BCUT2D eigenvalue weighted by Crippen LogP contribution is -2.30. The van der Waals surface area contributed by atoms with E-state index in [2.05, 4.69) is 4.98 Å². The molecule has 5 nitrogen and oxygen atoms in total. The topological polar surface area (TPSA) is 61.2 Å². The second-order valence-corrected chi connectivity index (χ2v) is 7.48. The number of hydrogen-bond acceptors (Lipinski definition) is 5. The molecule has 3 aromatic rings. The van der Waals surface area contributed by atoms with E-state index >= 15 is 0 Å². The van der Waals surface area contributed by atoms with Crippen LogP contribution in [0, 0.1) is 5.82 Å². The maximum atomic E-state index is 13.1. The lowest BCUT2D eigenvalue weighted by Gasteiger charge is -2.19. The van der Waals surface area contributed by atoms with Crippen molar-refractivity contribution in [3.05, 3.63) is 52.1 Å². The first kappa shape index (κ1) is 17.3. The maximum Gasteiger partial charge on any atom is 0.326 e. The van der Waals surface area contributed by atoms with Crippen LogP contribution in [0.4, 0.5) is 4.39 Å². The number of aromatic nitrogens is 2. The highest BCUT2D eigenvalue weighted by atomic mass is 32.1. The Hall–Kier alpha value is -2.54. The van der Waals surface area contributed by atoms with E-state index in [1.54, 1.807) is 32.9 Å². The van der Waals surface area contributed by atoms with Crippen molar-refractivity contribution in [3.63, 3.8) is 0 Å². The molecule has 0 bridgehead atoms. The Kier molecular flexibility index (Phi) is 4.43. The molecule has 7 heteroatoms. The Morgan fingerprint density at radius 2 is 1.96 bits per heavy atom. The SMILES string of the molecule is CC(C)(C)OC(=O)Cn1cnc2c(-c3ccc(F)cc3)csc2c1=O. The molecule has 0 fully saturated rings. The molecule has 130 valence electrons. The second-order valence-electron chi connectivity index (χ2n) is 6.60. The summed E-state index contributed by atoms with van der Waals surface area (Å²) in [5.74, 6) is -0.818. The van der Waals surface area contributed by atoms with Crippen LogP contribution in [0.2, 0.25) is 0 Å². The highest BCUT2D eigenvalue weighted by Gasteiger charge is 2.18. The largest absolute Gasteiger partial charge is 0.459 e. The number of rotatable bonds is 3. The van der Waals surface area contributed by atoms with Crippen molar-refractivity contribution in [1.29, 1.82) is 0 Å². The fraction of sp³-hybridized carbons (Fsp3) is 0.278. The quantitative estimate of drug-likeness (QED) is 0.670. The molecular formula is C18H17FN2O3S. The van der Waals surface area contributed by atoms with E-state index < -0.39 is 11.6 Å². The second kappa shape index (κ2) is 6.40. The van der Waals surface area contributed by atoms with Gasteiger partial charge in [0, 0.05) is 10.9 Å². The number of hydrogen-bond donors (Lipinski definition) is 0. The van der Waals surface area contributed by atoms with Crippen molar-refractivity contribution in [2.75, 3.05) is 0 Å². The smallest absolute Gasteiger partial charge is 0.326 e. The molecule has 0 radical (unpaired) electrons. The van der Waals surface area contributed by atoms with Gasteiger partial charge in [0.15, 0.2) is 0 Å². The van der Waals surface area contributed by atoms with Gasteiger partial charge in [0.1, 0.15) is 22.7 Å². The van der Waals surface area contributed by atoms with Gasteiger partial charge in [0.05, 0.1) is 11.8 Å². The molecule has 0 amide bonds. The van der Waals surface area contributed by atoms with Crippen molar-refractivity contribution in [2.24, 2.45) is 0 Å². The lowest BCUT2D eigenvalue weighted by molar-refractivity contribution is -0.155. The van der Waals surface area contributed by atoms with Crippen molar-refractivity contribution in [1.82, 2.24) is 9.55 Å². The molecule has 3 rings (SSSR count). The minimum atomic E-state index is -0.614. The number of nitrogens with zero attached hydrogens (tertiary/aromatic N) is 2. The van der Waals surface area contributed by atoms with Crippen molar-refractivity contribution < 1.29 is 13.9 Å². The molecule has 0 atom stereocenters. The van der Waals surface area contributed by atoms with Crippen LogP contribution in [0.3, 0.4) is 0 Å². The van der Waals surface area contributed by atoms with Gasteiger partial charge in [-0.05, 0) is 38.5 Å². The Labute approximate surface area is 147 Å². The summed E-state index contributed by atoms with van der Waals surface area (Å²) < 4.78 is 20.0. The molecule has 0 aliphatic heterocycles. The van der Waals surface area contributed by atoms with Gasteiger partial charge in [-0.1, -0.05) is 12.1 Å². The number of carbonyl (C=O) groups is 1. The van der Waals surface area contributed by atoms with Crippen LogP contribution in [0.1, 0.15) is 20.8 Å². The van der Waals surface area contributed by atoms with E-state index in [1.165, 1.54) is 34.4 Å². The zero-order chi connectivity index (χ0) is 18.2. The number of fused-ring (bicyclic) bond motifs is 1. The molecule has 0 saturated heterocycles. The summed E-state index contributed by atoms with van der Waals surface area (Å²) in [6.07, 6.45) is 1.34. The third-order valence-electron chi connectivity index (χ3n) is 3.42. The first-order chi connectivity index (χ1) is 11.7. The number of ether oxygens (including phenoxy) is 1. The average molecular weight is 360 g/mol. The van der Waals surface area contributed by atoms with Crippen molar-refractivity contribution >= 4 is 27.5 Å². The number of esters is 1. The summed E-state index contributed by atoms with van der Waals surface area (Å²) in [4.78, 5) is 28.8. The minimum absolute atomic E-state index is 0.192. The van der Waals surface area contributed by atoms with E-state index in [-0.39, 0.29) is 17.9 Å². The van der Waals surface area contributed by atoms with E-state index in [9.17, 15) is 14.0 Å². The molecule has 1 aromatic carbocycles. The molecular weight excluding hydrogens is 343 g/mol. The predicted molar refractivity (Wildman–Crippen MR) is 95.1 cm³/mol. The number of benzene rings is 1. The van der Waals surface area contributed by atoms with Gasteiger partial charge in [-0.3, -0.25) is 14.2 Å². The van der Waals surface area contributed by atoms with E-state index in [0.29, 0.717) is 10.2 Å². The van der Waals surface area contributed by atoms with E-state index in [0.717, 1.165) is 11.1 Å². The Bertz CT molecular complexity index is 984. The van der Waals surface area contributed by atoms with Crippen LogP contribution in [0.25, 0.3) is 21.3 Å². The summed E-state index contributed by atoms with van der Waals surface area (Å²) in [5, 5.41) is 1.81. The summed E-state index contributed by atoms with van der Waals surface area (Å²) in [6.45, 7) is 5.11. The normalized spacial score (nSPS) is 11.7. The molecule has 0 N–H and O–H groups in total. The molecule has 0 unspecified atom stereocenters. The Balaban J connectivity index is 1.95. The molecule has 0 spiro atoms. The summed E-state index contributed by atoms with van der Waals surface area (Å²) in [7, 11) is 0. The summed E-state index contributed by atoms with van der Waals surface area (Å²) >= 11 is 1.25. The van der Waals surface area contributed by atoms with Crippen LogP contribution >= 0.6 is 11.3 Å². The van der Waals surface area contributed by atoms with Gasteiger partial charge in [-0.2, -0.15) is 0 Å². The summed E-state index contributed by atoms with van der Waals surface area (Å²) in [5.41, 5.74) is 1.18. The van der Waals surface area contributed by atoms with Crippen LogP contribution in [0.5, 0.6) is 0 Å². The highest BCUT2D eigenvalue weighted by molar-refractivity contribution is 7.17. The zero-order valence-corrected chi connectivity index (χ0v) is 14.9. The highest BCUT2D eigenvalue weighted by Crippen LogP contribution is 2.30. The van der Waals surface area contributed by atoms with Gasteiger partial charge in [-0.15, -0.1) is 11.3 Å². The van der Waals surface area contributed by atoms with E-state index in [4.69, 9.17) is 4.74 Å². The predicted octanol–water partition coefficient (Wildman–Crippen LogP) is 3.61. The van der Waals surface area contributed by atoms with Crippen LogP contribution in [-0.2, 0) is 16.1 Å². The number of carbonyl (C=O) groups excluding carboxylic acids is 1. The lowest BCUT2D eigenvalue weighted by atomic mass is 10.1. The first-order valence-electron chi connectivity index (χ1n) is 7.69. The first-order valence-corrected chi connectivity index (χ1v) is 8.57. The molecule has 0 aliphatic carbocycles. The standard InChI is InChI=1S/C18H17FN2O3S/c1-18(2,3)24-14(22)8-21-10-20-15-13(9-25-16(15)17(21)23)11-4-6-12(19)7-5-11/h4-7,9-10H,8H2,1-3H3. The van der Waals surface area contributed by atoms with Gasteiger partial charge in [0.2, 0.25) is 0 Å². The number of halogens is 1. The van der Waals surface area contributed by atoms with Gasteiger partial charge in [-0.25, -0.2) is 9.37 Å². The summed E-state index contributed by atoms with van der Waals surface area (Å²) in [6, 6.07) is 6.01. The third kappa shape index (κ3) is 3.76. The fourth-order valence-electron chi connectivity index (χ4n) is 2.40. The monoisotopic (exact) mass is 360 g/mol. The van der Waals surface area contributed by atoms with E-state index in [1.807, 2.05) is 5.38 Å². The fourth-order valence-corrected chi connectivity index (χ4v) is 3.38. The van der Waals surface area contributed by atoms with Gasteiger partial charge in [0.25, 0.3) is 5.56 Å². The zero-order valence-electron chi connectivity index (χ0n) is 14.1. The molecule has 0 saturated carbocycles. The Morgan fingerprint density at radius 3 is 2.60 bits per heavy atom. The molecule has 0 aliphatic rings. The molecule has 2 heterocycles. The maximum absolute atomic E-state index is 13.1. The average Bonchev–Trinajstić information content (AvgIpc) is 2.94. The molecule has 2 aromatic heterocycles. The minimum Gasteiger partial charge on any atom is -0.459 e. The van der Waals surface area contributed by atoms with Crippen molar-refractivity contribution in [2.45, 2.75) is 32.9 Å². The van der Waals surface area contributed by atoms with Crippen LogP contribution < -0.4 is 5.56 Å².